The number of ether oxygens (including phenoxy) is 1. The van der Waals surface area contributed by atoms with E-state index in [2.05, 4.69) is 4.74 Å². The van der Waals surface area contributed by atoms with Crippen LogP contribution in [0.3, 0.4) is 0 Å². The summed E-state index contributed by atoms with van der Waals surface area (Å²) in [5, 5.41) is 0. The topological polar surface area (TPSA) is 43.4 Å². The Balaban J connectivity index is 3.07. The number of benzene rings is 1. The molecule has 0 radical (unpaired) electrons. The number of rotatable bonds is 5. The molecule has 1 unspecified atom stereocenters. The van der Waals surface area contributed by atoms with E-state index in [-0.39, 0.29) is 12.2 Å². The number of alkyl halides is 3. The molecule has 1 aromatic rings. The number of carbonyl (C=O) groups excluding carboxylic acids is 2. The van der Waals surface area contributed by atoms with Gasteiger partial charge in [0.15, 0.2) is 5.78 Å². The van der Waals surface area contributed by atoms with E-state index in [0.29, 0.717) is 5.56 Å². The fraction of sp³-hybridized carbons (Fsp3) is 0.429. The molecule has 1 atom stereocenters. The molecule has 0 amide bonds. The van der Waals surface area contributed by atoms with Crippen molar-refractivity contribution < 1.29 is 27.5 Å². The van der Waals surface area contributed by atoms with Crippen LogP contribution in [0.25, 0.3) is 0 Å². The number of hydrogen-bond acceptors (Lipinski definition) is 3. The minimum absolute atomic E-state index is 0.0752. The van der Waals surface area contributed by atoms with Crippen LogP contribution in [0.15, 0.2) is 24.3 Å². The first-order valence-electron chi connectivity index (χ1n) is 6.09. The van der Waals surface area contributed by atoms with Crippen LogP contribution in [0.5, 0.6) is 0 Å². The maximum atomic E-state index is 12.5. The third-order valence-electron chi connectivity index (χ3n) is 2.73. The summed E-state index contributed by atoms with van der Waals surface area (Å²) in [7, 11) is 0. The summed E-state index contributed by atoms with van der Waals surface area (Å²) in [4.78, 5) is 23.8. The van der Waals surface area contributed by atoms with Crippen molar-refractivity contribution in [2.45, 2.75) is 26.4 Å². The van der Waals surface area contributed by atoms with Crippen molar-refractivity contribution in [3.05, 3.63) is 35.4 Å². The first kappa shape index (κ1) is 16.2. The number of carbonyl (C=O) groups is 2. The standard InChI is InChI=1S/C14H15F3O3/c1-3-20-13(19)11(8-14(15,16)17)12(18)10-7-5-4-6-9(10)2/h4-7,11H,3,8H2,1-2H3. The lowest BCUT2D eigenvalue weighted by Gasteiger charge is -2.17. The molecule has 0 saturated carbocycles. The summed E-state index contributed by atoms with van der Waals surface area (Å²) in [5.74, 6) is -3.85. The fourth-order valence-electron chi connectivity index (χ4n) is 1.79. The molecule has 0 bridgehead atoms. The predicted octanol–water partition coefficient (Wildman–Crippen LogP) is 3.31. The molecule has 110 valence electrons. The van der Waals surface area contributed by atoms with E-state index < -0.39 is 30.3 Å². The maximum absolute atomic E-state index is 12.5. The number of esters is 1. The number of halogens is 3. The maximum Gasteiger partial charge on any atom is 0.390 e. The zero-order chi connectivity index (χ0) is 15.3. The van der Waals surface area contributed by atoms with Crippen LogP contribution in [-0.2, 0) is 9.53 Å². The summed E-state index contributed by atoms with van der Waals surface area (Å²) in [6.45, 7) is 3.00. The molecular weight excluding hydrogens is 273 g/mol. The molecule has 6 heteroatoms. The van der Waals surface area contributed by atoms with Gasteiger partial charge in [-0.05, 0) is 19.4 Å². The molecule has 0 aliphatic carbocycles. The van der Waals surface area contributed by atoms with Crippen LogP contribution >= 0.6 is 0 Å². The zero-order valence-corrected chi connectivity index (χ0v) is 11.2. The molecule has 0 aliphatic heterocycles. The van der Waals surface area contributed by atoms with E-state index in [1.807, 2.05) is 0 Å². The van der Waals surface area contributed by atoms with Crippen LogP contribution in [-0.4, -0.2) is 24.5 Å². The third-order valence-corrected chi connectivity index (χ3v) is 2.73. The minimum atomic E-state index is -4.62. The first-order valence-corrected chi connectivity index (χ1v) is 6.09. The van der Waals surface area contributed by atoms with Gasteiger partial charge < -0.3 is 4.74 Å². The van der Waals surface area contributed by atoms with Gasteiger partial charge in [-0.1, -0.05) is 24.3 Å². The van der Waals surface area contributed by atoms with Crippen molar-refractivity contribution in [3.8, 4) is 0 Å². The highest BCUT2D eigenvalue weighted by Crippen LogP contribution is 2.28. The number of Topliss-reactive ketones (excluding diaryl/α,β-unsaturated/α-hetero) is 1. The molecule has 0 spiro atoms. The van der Waals surface area contributed by atoms with Crippen molar-refractivity contribution in [1.82, 2.24) is 0 Å². The molecule has 0 aromatic heterocycles. The Labute approximate surface area is 114 Å². The van der Waals surface area contributed by atoms with Gasteiger partial charge in [0.05, 0.1) is 13.0 Å². The molecule has 1 rings (SSSR count). The van der Waals surface area contributed by atoms with Gasteiger partial charge in [-0.3, -0.25) is 9.59 Å². The zero-order valence-electron chi connectivity index (χ0n) is 11.2. The molecule has 1 aromatic carbocycles. The van der Waals surface area contributed by atoms with Crippen molar-refractivity contribution >= 4 is 11.8 Å². The smallest absolute Gasteiger partial charge is 0.390 e. The second kappa shape index (κ2) is 6.54. The Morgan fingerprint density at radius 3 is 2.35 bits per heavy atom. The molecule has 0 saturated heterocycles. The van der Waals surface area contributed by atoms with E-state index in [4.69, 9.17) is 0 Å². The Kier molecular flexibility index (Phi) is 5.30. The molecule has 0 aliphatic rings. The van der Waals surface area contributed by atoms with Gasteiger partial charge in [0.25, 0.3) is 0 Å². The average Bonchev–Trinajstić information content (AvgIpc) is 2.35. The molecule has 0 heterocycles. The summed E-state index contributed by atoms with van der Waals surface area (Å²) in [6.07, 6.45) is -6.13. The number of hydrogen-bond donors (Lipinski definition) is 0. The van der Waals surface area contributed by atoms with E-state index in [1.54, 1.807) is 19.1 Å². The van der Waals surface area contributed by atoms with Crippen LogP contribution in [0.1, 0.15) is 29.3 Å². The summed E-state index contributed by atoms with van der Waals surface area (Å²) in [6, 6.07) is 6.20. The summed E-state index contributed by atoms with van der Waals surface area (Å²) < 4.78 is 42.1. The highest BCUT2D eigenvalue weighted by Gasteiger charge is 2.40. The number of ketones is 1. The van der Waals surface area contributed by atoms with E-state index >= 15 is 0 Å². The summed E-state index contributed by atoms with van der Waals surface area (Å²) >= 11 is 0. The van der Waals surface area contributed by atoms with Gasteiger partial charge in [-0.15, -0.1) is 0 Å². The van der Waals surface area contributed by atoms with E-state index in [0.717, 1.165) is 0 Å². The third kappa shape index (κ3) is 4.36. The highest BCUT2D eigenvalue weighted by molar-refractivity contribution is 6.09. The lowest BCUT2D eigenvalue weighted by molar-refractivity contribution is -0.163. The summed E-state index contributed by atoms with van der Waals surface area (Å²) in [5.41, 5.74) is 0.628. The average molecular weight is 288 g/mol. The Bertz CT molecular complexity index is 495. The van der Waals surface area contributed by atoms with Crippen molar-refractivity contribution in [2.24, 2.45) is 5.92 Å². The van der Waals surface area contributed by atoms with Crippen LogP contribution in [0.2, 0.25) is 0 Å². The molecule has 0 fully saturated rings. The predicted molar refractivity (Wildman–Crippen MR) is 66.3 cm³/mol. The van der Waals surface area contributed by atoms with Gasteiger partial charge in [0.2, 0.25) is 0 Å². The van der Waals surface area contributed by atoms with Gasteiger partial charge in [0, 0.05) is 5.56 Å². The molecular formula is C14H15F3O3. The normalized spacial score (nSPS) is 12.8. The largest absolute Gasteiger partial charge is 0.465 e. The SMILES string of the molecule is CCOC(=O)C(CC(F)(F)F)C(=O)c1ccccc1C. The lowest BCUT2D eigenvalue weighted by atomic mass is 9.92. The van der Waals surface area contributed by atoms with E-state index in [9.17, 15) is 22.8 Å². The van der Waals surface area contributed by atoms with E-state index in [1.165, 1.54) is 19.1 Å². The van der Waals surface area contributed by atoms with Crippen molar-refractivity contribution in [3.63, 3.8) is 0 Å². The molecule has 0 N–H and O–H groups in total. The molecule has 3 nitrogen and oxygen atoms in total. The Morgan fingerprint density at radius 1 is 1.25 bits per heavy atom. The van der Waals surface area contributed by atoms with Gasteiger partial charge in [-0.2, -0.15) is 13.2 Å². The lowest BCUT2D eigenvalue weighted by Crippen LogP contribution is -2.31. The second-order valence-electron chi connectivity index (χ2n) is 4.30. The second-order valence-corrected chi connectivity index (χ2v) is 4.30. The van der Waals surface area contributed by atoms with Gasteiger partial charge in [0.1, 0.15) is 5.92 Å². The monoisotopic (exact) mass is 288 g/mol. The molecule has 20 heavy (non-hydrogen) atoms. The fourth-order valence-corrected chi connectivity index (χ4v) is 1.79. The van der Waals surface area contributed by atoms with Crippen LogP contribution in [0, 0.1) is 12.8 Å². The van der Waals surface area contributed by atoms with Crippen molar-refractivity contribution in [1.29, 1.82) is 0 Å². The minimum Gasteiger partial charge on any atom is -0.465 e. The van der Waals surface area contributed by atoms with Gasteiger partial charge >= 0.3 is 12.1 Å². The Hall–Kier alpha value is -1.85. The number of aryl methyl sites for hydroxylation is 1. The van der Waals surface area contributed by atoms with Crippen LogP contribution < -0.4 is 0 Å². The van der Waals surface area contributed by atoms with Crippen LogP contribution in [0.4, 0.5) is 13.2 Å². The van der Waals surface area contributed by atoms with Gasteiger partial charge in [-0.25, -0.2) is 0 Å². The highest BCUT2D eigenvalue weighted by atomic mass is 19.4. The van der Waals surface area contributed by atoms with Crippen molar-refractivity contribution in [2.75, 3.05) is 6.61 Å². The first-order chi connectivity index (χ1) is 9.26. The quantitative estimate of drug-likeness (QED) is 0.474. The Morgan fingerprint density at radius 2 is 1.85 bits per heavy atom.